The average molecular weight is 401 g/mol. The van der Waals surface area contributed by atoms with Crippen LogP contribution in [0.4, 0.5) is 11.4 Å². The van der Waals surface area contributed by atoms with Crippen molar-refractivity contribution >= 4 is 57.5 Å². The second kappa shape index (κ2) is 8.05. The van der Waals surface area contributed by atoms with Crippen molar-refractivity contribution < 1.29 is 0 Å². The van der Waals surface area contributed by atoms with Crippen LogP contribution in [0.3, 0.4) is 0 Å². The van der Waals surface area contributed by atoms with E-state index in [0.29, 0.717) is 0 Å². The third-order valence-electron chi connectivity index (χ3n) is 4.57. The van der Waals surface area contributed by atoms with Gasteiger partial charge in [-0.15, -0.1) is 11.3 Å². The van der Waals surface area contributed by atoms with Gasteiger partial charge < -0.3 is 4.72 Å². The summed E-state index contributed by atoms with van der Waals surface area (Å²) in [6.07, 6.45) is 1.87. The lowest BCUT2D eigenvalue weighted by atomic mass is 10.0. The summed E-state index contributed by atoms with van der Waals surface area (Å²) in [5.74, 6) is 0. The molecule has 0 bridgehead atoms. The second-order valence-corrected chi connectivity index (χ2v) is 8.41. The molecule has 0 spiro atoms. The van der Waals surface area contributed by atoms with E-state index in [0.717, 1.165) is 27.4 Å². The van der Waals surface area contributed by atoms with Crippen LogP contribution in [0, 0.1) is 6.92 Å². The van der Waals surface area contributed by atoms with Gasteiger partial charge in [0.2, 0.25) is 0 Å². The van der Waals surface area contributed by atoms with E-state index in [-0.39, 0.29) is 0 Å². The van der Waals surface area contributed by atoms with Crippen LogP contribution in [0.1, 0.15) is 11.1 Å². The van der Waals surface area contributed by atoms with Crippen LogP contribution in [0.2, 0.25) is 0 Å². The lowest BCUT2D eigenvalue weighted by Crippen LogP contribution is -1.91. The molecular formula is C24H20N2S2. The molecule has 0 aliphatic carbocycles. The van der Waals surface area contributed by atoms with Crippen molar-refractivity contribution in [2.75, 3.05) is 4.72 Å². The Morgan fingerprint density at radius 3 is 2.54 bits per heavy atom. The topological polar surface area (TPSA) is 24.4 Å². The highest BCUT2D eigenvalue weighted by atomic mass is 32.2. The van der Waals surface area contributed by atoms with Gasteiger partial charge in [-0.05, 0) is 61.3 Å². The van der Waals surface area contributed by atoms with E-state index in [1.807, 2.05) is 6.08 Å². The lowest BCUT2D eigenvalue weighted by Gasteiger charge is -2.14. The number of fused-ring (bicyclic) bond motifs is 1. The number of aryl methyl sites for hydroxylation is 1. The van der Waals surface area contributed by atoms with Crippen molar-refractivity contribution in [3.05, 3.63) is 84.4 Å². The molecule has 1 aromatic heterocycles. The van der Waals surface area contributed by atoms with Crippen LogP contribution < -0.4 is 4.72 Å². The first-order valence-electron chi connectivity index (χ1n) is 8.94. The number of anilines is 1. The minimum absolute atomic E-state index is 0.824. The standard InChI is InChI=1S/C24H20N2S2/c1-4-19-20(23-15-17-7-5-6-8-22(17)27-23)13-14-21(24(19)25-3)26-28-18-11-9-16(2)10-12-18/h4-15,26H,1,3H2,2H3. The van der Waals surface area contributed by atoms with Crippen molar-refractivity contribution in [3.63, 3.8) is 0 Å². The van der Waals surface area contributed by atoms with Gasteiger partial charge in [0.25, 0.3) is 0 Å². The number of benzene rings is 3. The number of hydrogen-bond acceptors (Lipinski definition) is 4. The fraction of sp³-hybridized carbons (Fsp3) is 0.0417. The van der Waals surface area contributed by atoms with E-state index >= 15 is 0 Å². The summed E-state index contributed by atoms with van der Waals surface area (Å²) in [6, 6.07) is 23.3. The van der Waals surface area contributed by atoms with Gasteiger partial charge in [-0.2, -0.15) is 0 Å². The first-order chi connectivity index (χ1) is 13.7. The van der Waals surface area contributed by atoms with Gasteiger partial charge in [0.15, 0.2) is 0 Å². The minimum atomic E-state index is 0.824. The van der Waals surface area contributed by atoms with Crippen LogP contribution in [0.5, 0.6) is 0 Å². The van der Waals surface area contributed by atoms with Gasteiger partial charge >= 0.3 is 0 Å². The van der Waals surface area contributed by atoms with E-state index < -0.39 is 0 Å². The summed E-state index contributed by atoms with van der Waals surface area (Å²) < 4.78 is 4.69. The van der Waals surface area contributed by atoms with E-state index in [4.69, 9.17) is 0 Å². The van der Waals surface area contributed by atoms with Crippen molar-refractivity contribution in [2.24, 2.45) is 4.99 Å². The average Bonchev–Trinajstić information content (AvgIpc) is 3.16. The summed E-state index contributed by atoms with van der Waals surface area (Å²) in [7, 11) is 0. The fourth-order valence-corrected chi connectivity index (χ4v) is 4.88. The summed E-state index contributed by atoms with van der Waals surface area (Å²) in [4.78, 5) is 6.67. The molecular weight excluding hydrogens is 380 g/mol. The quantitative estimate of drug-likeness (QED) is 0.262. The zero-order valence-electron chi connectivity index (χ0n) is 15.6. The van der Waals surface area contributed by atoms with Crippen molar-refractivity contribution in [1.82, 2.24) is 0 Å². The maximum absolute atomic E-state index is 4.32. The van der Waals surface area contributed by atoms with Crippen molar-refractivity contribution in [3.8, 4) is 10.4 Å². The Balaban J connectivity index is 1.70. The van der Waals surface area contributed by atoms with E-state index in [9.17, 15) is 0 Å². The molecule has 138 valence electrons. The summed E-state index contributed by atoms with van der Waals surface area (Å²) >= 11 is 3.35. The number of aliphatic imine (C=N–C) groups is 1. The highest BCUT2D eigenvalue weighted by Gasteiger charge is 2.14. The van der Waals surface area contributed by atoms with Crippen LogP contribution in [0.25, 0.3) is 26.6 Å². The number of thiophene rings is 1. The van der Waals surface area contributed by atoms with Crippen molar-refractivity contribution in [2.45, 2.75) is 11.8 Å². The molecule has 0 fully saturated rings. The predicted molar refractivity (Wildman–Crippen MR) is 127 cm³/mol. The summed E-state index contributed by atoms with van der Waals surface area (Å²) in [6.45, 7) is 9.92. The molecule has 4 rings (SSSR count). The Kier molecular flexibility index (Phi) is 5.33. The third-order valence-corrected chi connectivity index (χ3v) is 6.55. The Bertz CT molecular complexity index is 1120. The normalized spacial score (nSPS) is 10.8. The van der Waals surface area contributed by atoms with E-state index in [2.05, 4.69) is 96.7 Å². The highest BCUT2D eigenvalue weighted by molar-refractivity contribution is 8.00. The summed E-state index contributed by atoms with van der Waals surface area (Å²) in [5.41, 5.74) is 5.13. The minimum Gasteiger partial charge on any atom is -0.324 e. The first-order valence-corrected chi connectivity index (χ1v) is 10.6. The van der Waals surface area contributed by atoms with Crippen LogP contribution in [-0.4, -0.2) is 6.72 Å². The molecule has 2 nitrogen and oxygen atoms in total. The van der Waals surface area contributed by atoms with Gasteiger partial charge in [0, 0.05) is 25.6 Å². The van der Waals surface area contributed by atoms with Gasteiger partial charge in [-0.1, -0.05) is 54.6 Å². The molecule has 4 aromatic rings. The van der Waals surface area contributed by atoms with E-state index in [1.54, 1.807) is 23.3 Å². The molecule has 0 saturated heterocycles. The van der Waals surface area contributed by atoms with Crippen LogP contribution in [-0.2, 0) is 0 Å². The van der Waals surface area contributed by atoms with Crippen LogP contribution >= 0.6 is 23.3 Å². The fourth-order valence-electron chi connectivity index (χ4n) is 3.12. The Morgan fingerprint density at radius 2 is 1.82 bits per heavy atom. The molecule has 0 aliphatic rings. The zero-order chi connectivity index (χ0) is 19.5. The second-order valence-electron chi connectivity index (χ2n) is 6.45. The number of hydrogen-bond donors (Lipinski definition) is 1. The van der Waals surface area contributed by atoms with Gasteiger partial charge in [0.05, 0.1) is 11.4 Å². The molecule has 1 N–H and O–H groups in total. The molecule has 28 heavy (non-hydrogen) atoms. The maximum Gasteiger partial charge on any atom is 0.0940 e. The first kappa shape index (κ1) is 18.5. The molecule has 0 unspecified atom stereocenters. The largest absolute Gasteiger partial charge is 0.324 e. The predicted octanol–water partition coefficient (Wildman–Crippen LogP) is 7.97. The van der Waals surface area contributed by atoms with Gasteiger partial charge in [-0.3, -0.25) is 4.99 Å². The molecule has 0 saturated carbocycles. The number of nitrogens with zero attached hydrogens (tertiary/aromatic N) is 1. The molecule has 0 aliphatic heterocycles. The Labute approximate surface area is 173 Å². The molecule has 0 radical (unpaired) electrons. The maximum atomic E-state index is 4.32. The zero-order valence-corrected chi connectivity index (χ0v) is 17.2. The van der Waals surface area contributed by atoms with E-state index in [1.165, 1.54) is 20.5 Å². The molecule has 0 atom stereocenters. The van der Waals surface area contributed by atoms with Gasteiger partial charge in [0.1, 0.15) is 0 Å². The highest BCUT2D eigenvalue weighted by Crippen LogP contribution is 2.42. The molecule has 1 heterocycles. The lowest BCUT2D eigenvalue weighted by molar-refractivity contribution is 1.38. The number of rotatable bonds is 6. The van der Waals surface area contributed by atoms with Crippen molar-refractivity contribution in [1.29, 1.82) is 0 Å². The third kappa shape index (κ3) is 3.61. The number of nitrogens with one attached hydrogen (secondary N) is 1. The molecule has 0 amide bonds. The summed E-state index contributed by atoms with van der Waals surface area (Å²) in [5, 5.41) is 1.25. The Hall–Kier alpha value is -2.82. The monoisotopic (exact) mass is 400 g/mol. The molecule has 3 aromatic carbocycles. The smallest absolute Gasteiger partial charge is 0.0940 e. The molecule has 4 heteroatoms. The van der Waals surface area contributed by atoms with Gasteiger partial charge in [-0.25, -0.2) is 0 Å². The van der Waals surface area contributed by atoms with Crippen LogP contribution in [0.15, 0.2) is 83.2 Å². The Morgan fingerprint density at radius 1 is 1.04 bits per heavy atom. The SMILES string of the molecule is C=Cc1c(-c2cc3ccccc3s2)ccc(NSc2ccc(C)cc2)c1N=C.